The van der Waals surface area contributed by atoms with Gasteiger partial charge in [-0.05, 0) is 61.5 Å². The quantitative estimate of drug-likeness (QED) is 0.502. The smallest absolute Gasteiger partial charge is 0.261 e. The maximum atomic E-state index is 14.2. The van der Waals surface area contributed by atoms with E-state index in [2.05, 4.69) is 10.0 Å². The molecule has 10 heteroatoms. The predicted molar refractivity (Wildman–Crippen MR) is 123 cm³/mol. The number of halogens is 2. The third kappa shape index (κ3) is 5.78. The van der Waals surface area contributed by atoms with E-state index in [1.165, 1.54) is 55.4 Å². The van der Waals surface area contributed by atoms with Crippen molar-refractivity contribution in [2.75, 3.05) is 35.6 Å². The van der Waals surface area contributed by atoms with Gasteiger partial charge in [0.2, 0.25) is 0 Å². The maximum Gasteiger partial charge on any atom is 0.261 e. The van der Waals surface area contributed by atoms with Gasteiger partial charge in [-0.15, -0.1) is 0 Å². The summed E-state index contributed by atoms with van der Waals surface area (Å²) in [7, 11) is -0.912. The summed E-state index contributed by atoms with van der Waals surface area (Å²) < 4.78 is 61.4. The number of carbonyl (C=O) groups excluding carboxylic acids is 1. The number of benzene rings is 3. The third-order valence-corrected chi connectivity index (χ3v) is 5.94. The molecule has 3 rings (SSSR count). The third-order valence-electron chi connectivity index (χ3n) is 4.54. The average molecular weight is 476 g/mol. The standard InChI is InChI=1S/C23H23F2N3O4S/c1-4-32-18-8-10-19(11-9-18)33(30,31)27-16-7-5-6-15(12-16)23(29)26-17-13-20(24)22(28(2)3)21(25)14-17/h5-14,27H,4H2,1-3H3,(H,26,29). The fourth-order valence-corrected chi connectivity index (χ4v) is 4.14. The van der Waals surface area contributed by atoms with Gasteiger partial charge in [0.15, 0.2) is 11.6 Å². The van der Waals surface area contributed by atoms with Crippen molar-refractivity contribution in [3.8, 4) is 5.75 Å². The van der Waals surface area contributed by atoms with Gasteiger partial charge < -0.3 is 15.0 Å². The summed E-state index contributed by atoms with van der Waals surface area (Å²) in [5, 5.41) is 2.42. The van der Waals surface area contributed by atoms with E-state index in [0.717, 1.165) is 12.1 Å². The molecule has 0 unspecified atom stereocenters. The first-order chi connectivity index (χ1) is 15.6. The van der Waals surface area contributed by atoms with Crippen molar-refractivity contribution in [3.63, 3.8) is 0 Å². The number of ether oxygens (including phenoxy) is 1. The number of hydrogen-bond donors (Lipinski definition) is 2. The Morgan fingerprint density at radius 1 is 0.970 bits per heavy atom. The van der Waals surface area contributed by atoms with Crippen molar-refractivity contribution in [1.82, 2.24) is 0 Å². The molecule has 7 nitrogen and oxygen atoms in total. The summed E-state index contributed by atoms with van der Waals surface area (Å²) in [6, 6.07) is 13.7. The number of nitrogens with one attached hydrogen (secondary N) is 2. The molecule has 0 saturated carbocycles. The van der Waals surface area contributed by atoms with Gasteiger partial charge in [0.05, 0.1) is 11.5 Å². The minimum absolute atomic E-state index is 0.0211. The number of carbonyl (C=O) groups is 1. The highest BCUT2D eigenvalue weighted by atomic mass is 32.2. The maximum absolute atomic E-state index is 14.2. The molecule has 0 aliphatic heterocycles. The molecule has 0 aliphatic carbocycles. The monoisotopic (exact) mass is 475 g/mol. The van der Waals surface area contributed by atoms with Crippen LogP contribution in [0.15, 0.2) is 65.6 Å². The minimum atomic E-state index is -3.91. The number of hydrogen-bond acceptors (Lipinski definition) is 5. The van der Waals surface area contributed by atoms with Gasteiger partial charge in [-0.25, -0.2) is 17.2 Å². The highest BCUT2D eigenvalue weighted by Crippen LogP contribution is 2.26. The molecule has 1 amide bonds. The van der Waals surface area contributed by atoms with Crippen molar-refractivity contribution >= 4 is 33.0 Å². The Morgan fingerprint density at radius 3 is 2.18 bits per heavy atom. The SMILES string of the molecule is CCOc1ccc(S(=O)(=O)Nc2cccc(C(=O)Nc3cc(F)c(N(C)C)c(F)c3)c2)cc1. The van der Waals surface area contributed by atoms with E-state index in [9.17, 15) is 22.0 Å². The zero-order chi connectivity index (χ0) is 24.2. The Balaban J connectivity index is 1.77. The molecule has 0 radical (unpaired) electrons. The van der Waals surface area contributed by atoms with E-state index in [0.29, 0.717) is 12.4 Å². The summed E-state index contributed by atoms with van der Waals surface area (Å²) >= 11 is 0. The summed E-state index contributed by atoms with van der Waals surface area (Å²) in [5.41, 5.74) is -0.0455. The lowest BCUT2D eigenvalue weighted by molar-refractivity contribution is 0.102. The second-order valence-electron chi connectivity index (χ2n) is 7.23. The molecule has 0 aromatic heterocycles. The van der Waals surface area contributed by atoms with Gasteiger partial charge in [-0.3, -0.25) is 9.52 Å². The minimum Gasteiger partial charge on any atom is -0.494 e. The van der Waals surface area contributed by atoms with Crippen LogP contribution in [0.5, 0.6) is 5.75 Å². The van der Waals surface area contributed by atoms with E-state index < -0.39 is 27.6 Å². The van der Waals surface area contributed by atoms with Gasteiger partial charge in [-0.1, -0.05) is 6.07 Å². The van der Waals surface area contributed by atoms with Gasteiger partial charge in [0.1, 0.15) is 11.4 Å². The molecule has 0 spiro atoms. The molecule has 174 valence electrons. The molecular formula is C23H23F2N3O4S. The fourth-order valence-electron chi connectivity index (χ4n) is 3.09. The molecule has 0 atom stereocenters. The molecule has 33 heavy (non-hydrogen) atoms. The van der Waals surface area contributed by atoms with Gasteiger partial charge in [0.25, 0.3) is 15.9 Å². The zero-order valence-electron chi connectivity index (χ0n) is 18.2. The van der Waals surface area contributed by atoms with Crippen molar-refractivity contribution in [1.29, 1.82) is 0 Å². The first-order valence-electron chi connectivity index (χ1n) is 9.94. The molecule has 0 aliphatic rings. The Kier molecular flexibility index (Phi) is 7.17. The molecule has 3 aromatic rings. The van der Waals surface area contributed by atoms with E-state index in [4.69, 9.17) is 4.74 Å². The molecule has 0 saturated heterocycles. The van der Waals surface area contributed by atoms with Crippen molar-refractivity contribution in [2.24, 2.45) is 0 Å². The Bertz CT molecular complexity index is 1240. The van der Waals surface area contributed by atoms with Crippen molar-refractivity contribution in [3.05, 3.63) is 77.9 Å². The average Bonchev–Trinajstić information content (AvgIpc) is 2.73. The Morgan fingerprint density at radius 2 is 1.61 bits per heavy atom. The Hall–Kier alpha value is -3.66. The lowest BCUT2D eigenvalue weighted by Crippen LogP contribution is -2.16. The van der Waals surface area contributed by atoms with E-state index in [-0.39, 0.29) is 27.5 Å². The van der Waals surface area contributed by atoms with E-state index >= 15 is 0 Å². The van der Waals surface area contributed by atoms with Crippen molar-refractivity contribution in [2.45, 2.75) is 11.8 Å². The number of nitrogens with zero attached hydrogens (tertiary/aromatic N) is 1. The number of anilines is 3. The lowest BCUT2D eigenvalue weighted by atomic mass is 10.2. The normalized spacial score (nSPS) is 11.1. The summed E-state index contributed by atoms with van der Waals surface area (Å²) in [6.07, 6.45) is 0. The van der Waals surface area contributed by atoms with Crippen LogP contribution in [0, 0.1) is 11.6 Å². The van der Waals surface area contributed by atoms with Crippen LogP contribution in [0.1, 0.15) is 17.3 Å². The van der Waals surface area contributed by atoms with E-state index in [1.807, 2.05) is 6.92 Å². The second kappa shape index (κ2) is 9.86. The van der Waals surface area contributed by atoms with Gasteiger partial charge >= 0.3 is 0 Å². The van der Waals surface area contributed by atoms with Crippen LogP contribution in [0.2, 0.25) is 0 Å². The van der Waals surface area contributed by atoms with Crippen LogP contribution in [0.25, 0.3) is 0 Å². The van der Waals surface area contributed by atoms with Crippen LogP contribution in [0.4, 0.5) is 25.8 Å². The van der Waals surface area contributed by atoms with Crippen LogP contribution in [-0.2, 0) is 10.0 Å². The van der Waals surface area contributed by atoms with Crippen molar-refractivity contribution < 1.29 is 26.7 Å². The number of amides is 1. The van der Waals surface area contributed by atoms with Crippen LogP contribution < -0.4 is 19.7 Å². The number of rotatable bonds is 8. The summed E-state index contributed by atoms with van der Waals surface area (Å²) in [6.45, 7) is 2.28. The largest absolute Gasteiger partial charge is 0.494 e. The zero-order valence-corrected chi connectivity index (χ0v) is 19.0. The molecular weight excluding hydrogens is 452 g/mol. The Labute approximate surface area is 191 Å². The fraction of sp³-hybridized carbons (Fsp3) is 0.174. The van der Waals surface area contributed by atoms with Gasteiger partial charge in [0, 0.05) is 31.0 Å². The van der Waals surface area contributed by atoms with E-state index in [1.54, 1.807) is 12.1 Å². The van der Waals surface area contributed by atoms with Crippen LogP contribution in [0.3, 0.4) is 0 Å². The summed E-state index contributed by atoms with van der Waals surface area (Å²) in [4.78, 5) is 13.9. The second-order valence-corrected chi connectivity index (χ2v) is 8.91. The molecule has 0 bridgehead atoms. The lowest BCUT2D eigenvalue weighted by Gasteiger charge is -2.16. The molecule has 0 fully saturated rings. The molecule has 0 heterocycles. The summed E-state index contributed by atoms with van der Waals surface area (Å²) in [5.74, 6) is -1.77. The molecule has 2 N–H and O–H groups in total. The predicted octanol–water partition coefficient (Wildman–Crippen LogP) is 4.48. The first-order valence-corrected chi connectivity index (χ1v) is 11.4. The number of sulfonamides is 1. The highest BCUT2D eigenvalue weighted by molar-refractivity contribution is 7.92. The highest BCUT2D eigenvalue weighted by Gasteiger charge is 2.17. The topological polar surface area (TPSA) is 87.7 Å². The van der Waals surface area contributed by atoms with Crippen LogP contribution in [-0.4, -0.2) is 35.0 Å². The first kappa shape index (κ1) is 24.0. The molecule has 3 aromatic carbocycles. The van der Waals surface area contributed by atoms with Gasteiger partial charge in [-0.2, -0.15) is 0 Å². The van der Waals surface area contributed by atoms with Crippen LogP contribution >= 0.6 is 0 Å².